The van der Waals surface area contributed by atoms with Crippen LogP contribution in [0.1, 0.15) is 10.4 Å². The lowest BCUT2D eigenvalue weighted by Crippen LogP contribution is -2.50. The van der Waals surface area contributed by atoms with Crippen molar-refractivity contribution in [2.24, 2.45) is 0 Å². The molecule has 1 fully saturated rings. The van der Waals surface area contributed by atoms with Crippen molar-refractivity contribution in [1.82, 2.24) is 9.21 Å². The summed E-state index contributed by atoms with van der Waals surface area (Å²) < 4.78 is 37.5. The summed E-state index contributed by atoms with van der Waals surface area (Å²) in [6.45, 7) is 0.990. The van der Waals surface area contributed by atoms with Crippen molar-refractivity contribution in [3.8, 4) is 11.5 Å². The lowest BCUT2D eigenvalue weighted by Gasteiger charge is -2.34. The van der Waals surface area contributed by atoms with Gasteiger partial charge in [0.1, 0.15) is 0 Å². The van der Waals surface area contributed by atoms with Crippen LogP contribution in [0.15, 0.2) is 47.4 Å². The Labute approximate surface area is 169 Å². The van der Waals surface area contributed by atoms with Crippen LogP contribution in [-0.2, 0) is 10.0 Å². The van der Waals surface area contributed by atoms with Crippen LogP contribution in [0.5, 0.6) is 11.5 Å². The molecule has 28 heavy (non-hydrogen) atoms. The molecule has 2 aromatic rings. The van der Waals surface area contributed by atoms with Crippen molar-refractivity contribution in [3.05, 3.63) is 53.1 Å². The van der Waals surface area contributed by atoms with Crippen molar-refractivity contribution in [3.63, 3.8) is 0 Å². The van der Waals surface area contributed by atoms with E-state index in [1.807, 2.05) is 0 Å². The Morgan fingerprint density at radius 2 is 1.61 bits per heavy atom. The number of amides is 1. The number of carbonyl (C=O) groups excluding carboxylic acids is 1. The molecule has 9 heteroatoms. The molecular weight excluding hydrogens is 404 g/mol. The summed E-state index contributed by atoms with van der Waals surface area (Å²) in [6.07, 6.45) is 0. The second-order valence-electron chi connectivity index (χ2n) is 6.19. The summed E-state index contributed by atoms with van der Waals surface area (Å²) in [7, 11) is -0.640. The highest BCUT2D eigenvalue weighted by Gasteiger charge is 2.31. The second kappa shape index (κ2) is 8.38. The molecular formula is C19H21ClN2O5S. The molecule has 150 valence electrons. The second-order valence-corrected chi connectivity index (χ2v) is 8.57. The molecule has 0 spiro atoms. The van der Waals surface area contributed by atoms with E-state index in [0.717, 1.165) is 0 Å². The summed E-state index contributed by atoms with van der Waals surface area (Å²) in [4.78, 5) is 14.7. The summed E-state index contributed by atoms with van der Waals surface area (Å²) in [5, 5.41) is 0.474. The van der Waals surface area contributed by atoms with Gasteiger partial charge < -0.3 is 14.4 Å². The number of methoxy groups -OCH3 is 2. The van der Waals surface area contributed by atoms with Crippen LogP contribution in [0.4, 0.5) is 0 Å². The molecule has 1 amide bonds. The predicted octanol–water partition coefficient (Wildman–Crippen LogP) is 2.50. The van der Waals surface area contributed by atoms with Gasteiger partial charge in [-0.15, -0.1) is 0 Å². The summed E-state index contributed by atoms with van der Waals surface area (Å²) in [6, 6.07) is 11.2. The van der Waals surface area contributed by atoms with Crippen LogP contribution >= 0.6 is 11.6 Å². The van der Waals surface area contributed by atoms with Crippen molar-refractivity contribution in [2.75, 3.05) is 40.4 Å². The molecule has 0 aliphatic carbocycles. The summed E-state index contributed by atoms with van der Waals surface area (Å²) in [5.41, 5.74) is 0.385. The molecule has 1 aliphatic heterocycles. The molecule has 0 unspecified atom stereocenters. The lowest BCUT2D eigenvalue weighted by molar-refractivity contribution is 0.0694. The molecule has 0 bridgehead atoms. The van der Waals surface area contributed by atoms with Gasteiger partial charge in [0.2, 0.25) is 10.0 Å². The molecule has 7 nitrogen and oxygen atoms in total. The Hall–Kier alpha value is -2.29. The first-order valence-corrected chi connectivity index (χ1v) is 10.5. The topological polar surface area (TPSA) is 76.2 Å². The SMILES string of the molecule is COc1cccc(C(=O)N2CCN(S(=O)(=O)c3ccc(Cl)cc3)CC2)c1OC. The third-order valence-electron chi connectivity index (χ3n) is 4.61. The van der Waals surface area contributed by atoms with E-state index in [1.54, 1.807) is 35.2 Å². The molecule has 3 rings (SSSR count). The highest BCUT2D eigenvalue weighted by molar-refractivity contribution is 7.89. The van der Waals surface area contributed by atoms with E-state index in [9.17, 15) is 13.2 Å². The van der Waals surface area contributed by atoms with Gasteiger partial charge in [0.25, 0.3) is 5.91 Å². The maximum Gasteiger partial charge on any atom is 0.257 e. The number of hydrogen-bond donors (Lipinski definition) is 0. The fraction of sp³-hybridized carbons (Fsp3) is 0.316. The van der Waals surface area contributed by atoms with Gasteiger partial charge in [0, 0.05) is 31.2 Å². The van der Waals surface area contributed by atoms with Crippen molar-refractivity contribution < 1.29 is 22.7 Å². The van der Waals surface area contributed by atoms with Gasteiger partial charge >= 0.3 is 0 Å². The molecule has 1 aliphatic rings. The first kappa shape index (κ1) is 20.4. The van der Waals surface area contributed by atoms with E-state index in [2.05, 4.69) is 0 Å². The Morgan fingerprint density at radius 1 is 0.964 bits per heavy atom. The highest BCUT2D eigenvalue weighted by atomic mass is 35.5. The number of sulfonamides is 1. The quantitative estimate of drug-likeness (QED) is 0.737. The van der Waals surface area contributed by atoms with Crippen LogP contribution in [0.25, 0.3) is 0 Å². The number of rotatable bonds is 5. The maximum atomic E-state index is 12.9. The van der Waals surface area contributed by atoms with Crippen molar-refractivity contribution in [2.45, 2.75) is 4.90 Å². The third kappa shape index (κ3) is 3.94. The van der Waals surface area contributed by atoms with Gasteiger partial charge in [0.15, 0.2) is 11.5 Å². The van der Waals surface area contributed by atoms with E-state index < -0.39 is 10.0 Å². The monoisotopic (exact) mass is 424 g/mol. The smallest absolute Gasteiger partial charge is 0.257 e. The predicted molar refractivity (Wildman–Crippen MR) is 106 cm³/mol. The Balaban J connectivity index is 1.74. The van der Waals surface area contributed by atoms with Crippen LogP contribution in [0.3, 0.4) is 0 Å². The first-order valence-electron chi connectivity index (χ1n) is 8.64. The van der Waals surface area contributed by atoms with E-state index in [-0.39, 0.29) is 37.0 Å². The van der Waals surface area contributed by atoms with E-state index in [0.29, 0.717) is 22.1 Å². The largest absolute Gasteiger partial charge is 0.493 e. The van der Waals surface area contributed by atoms with Gasteiger partial charge in [-0.3, -0.25) is 4.79 Å². The molecule has 0 N–H and O–H groups in total. The summed E-state index contributed by atoms with van der Waals surface area (Å²) >= 11 is 5.83. The van der Waals surface area contributed by atoms with Crippen LogP contribution < -0.4 is 9.47 Å². The van der Waals surface area contributed by atoms with Crippen LogP contribution in [-0.4, -0.2) is 63.9 Å². The third-order valence-corrected chi connectivity index (χ3v) is 6.78. The zero-order valence-corrected chi connectivity index (χ0v) is 17.2. The molecule has 0 atom stereocenters. The van der Waals surface area contributed by atoms with E-state index in [4.69, 9.17) is 21.1 Å². The number of hydrogen-bond acceptors (Lipinski definition) is 5. The van der Waals surface area contributed by atoms with E-state index >= 15 is 0 Å². The standard InChI is InChI=1S/C19H21ClN2O5S/c1-26-17-5-3-4-16(18(17)27-2)19(23)21-10-12-22(13-11-21)28(24,25)15-8-6-14(20)7-9-15/h3-9H,10-13H2,1-2H3. The zero-order valence-electron chi connectivity index (χ0n) is 15.6. The normalized spacial score (nSPS) is 15.3. The van der Waals surface area contributed by atoms with Gasteiger partial charge in [0.05, 0.1) is 24.7 Å². The minimum absolute atomic E-state index is 0.186. The molecule has 0 saturated carbocycles. The number of benzene rings is 2. The molecule has 0 radical (unpaired) electrons. The van der Waals surface area contributed by atoms with Gasteiger partial charge in [-0.1, -0.05) is 17.7 Å². The molecule has 2 aromatic carbocycles. The zero-order chi connectivity index (χ0) is 20.3. The fourth-order valence-corrected chi connectivity index (χ4v) is 4.66. The fourth-order valence-electron chi connectivity index (χ4n) is 3.11. The molecule has 1 saturated heterocycles. The van der Waals surface area contributed by atoms with Gasteiger partial charge in [-0.25, -0.2) is 8.42 Å². The number of para-hydroxylation sites is 1. The van der Waals surface area contributed by atoms with E-state index in [1.165, 1.54) is 30.7 Å². The highest BCUT2D eigenvalue weighted by Crippen LogP contribution is 2.32. The average molecular weight is 425 g/mol. The average Bonchev–Trinajstić information content (AvgIpc) is 2.73. The van der Waals surface area contributed by atoms with Gasteiger partial charge in [-0.2, -0.15) is 4.31 Å². The Morgan fingerprint density at radius 3 is 2.18 bits per heavy atom. The van der Waals surface area contributed by atoms with Crippen molar-refractivity contribution >= 4 is 27.5 Å². The Bertz CT molecular complexity index is 955. The Kier molecular flexibility index (Phi) is 6.12. The number of piperazine rings is 1. The minimum atomic E-state index is -3.62. The molecule has 1 heterocycles. The molecule has 0 aromatic heterocycles. The van der Waals surface area contributed by atoms with Crippen molar-refractivity contribution in [1.29, 1.82) is 0 Å². The minimum Gasteiger partial charge on any atom is -0.493 e. The van der Waals surface area contributed by atoms with Gasteiger partial charge in [-0.05, 0) is 36.4 Å². The maximum absolute atomic E-state index is 12.9. The number of nitrogens with zero attached hydrogens (tertiary/aromatic N) is 2. The number of halogens is 1. The van der Waals surface area contributed by atoms with Crippen LogP contribution in [0.2, 0.25) is 5.02 Å². The summed E-state index contributed by atoms with van der Waals surface area (Å²) in [5.74, 6) is 0.614. The first-order chi connectivity index (χ1) is 13.4. The number of carbonyl (C=O) groups is 1. The van der Waals surface area contributed by atoms with Crippen LogP contribution in [0, 0.1) is 0 Å². The lowest BCUT2D eigenvalue weighted by atomic mass is 10.1. The number of ether oxygens (including phenoxy) is 2.